The van der Waals surface area contributed by atoms with E-state index in [-0.39, 0.29) is 5.41 Å². The fourth-order valence-electron chi connectivity index (χ4n) is 3.05. The van der Waals surface area contributed by atoms with Crippen molar-refractivity contribution in [3.05, 3.63) is 23.3 Å². The van der Waals surface area contributed by atoms with Gasteiger partial charge in [0.25, 0.3) is 0 Å². The lowest BCUT2D eigenvalue weighted by molar-refractivity contribution is 0.0524. The molecular weight excluding hydrogens is 238 g/mol. The molecule has 0 radical (unpaired) electrons. The highest BCUT2D eigenvalue weighted by Crippen LogP contribution is 2.42. The molecule has 0 saturated heterocycles. The zero-order chi connectivity index (χ0) is 14.0. The van der Waals surface area contributed by atoms with Crippen LogP contribution in [-0.2, 0) is 0 Å². The number of hydrogen-bond acceptors (Lipinski definition) is 3. The molecule has 0 spiro atoms. The van der Waals surface area contributed by atoms with Gasteiger partial charge in [-0.15, -0.1) is 0 Å². The van der Waals surface area contributed by atoms with Gasteiger partial charge in [0.1, 0.15) is 5.75 Å². The van der Waals surface area contributed by atoms with Crippen LogP contribution >= 0.6 is 0 Å². The van der Waals surface area contributed by atoms with Crippen molar-refractivity contribution in [1.82, 2.24) is 0 Å². The number of rotatable bonds is 5. The number of nitrogens with zero attached hydrogens (tertiary/aromatic N) is 1. The van der Waals surface area contributed by atoms with Gasteiger partial charge in [-0.05, 0) is 49.9 Å². The number of methoxy groups -OCH3 is 1. The van der Waals surface area contributed by atoms with Gasteiger partial charge in [-0.1, -0.05) is 6.42 Å². The van der Waals surface area contributed by atoms with Gasteiger partial charge in [-0.25, -0.2) is 0 Å². The van der Waals surface area contributed by atoms with Crippen molar-refractivity contribution in [2.24, 2.45) is 5.41 Å². The van der Waals surface area contributed by atoms with Crippen molar-refractivity contribution in [3.8, 4) is 5.75 Å². The summed E-state index contributed by atoms with van der Waals surface area (Å²) in [6, 6.07) is 4.14. The maximum atomic E-state index is 9.59. The van der Waals surface area contributed by atoms with Gasteiger partial charge < -0.3 is 14.7 Å². The van der Waals surface area contributed by atoms with Crippen molar-refractivity contribution in [2.45, 2.75) is 33.1 Å². The van der Waals surface area contributed by atoms with Crippen LogP contribution in [0.1, 0.15) is 30.4 Å². The van der Waals surface area contributed by atoms with E-state index in [9.17, 15) is 5.11 Å². The Morgan fingerprint density at radius 3 is 2.42 bits per heavy atom. The zero-order valence-corrected chi connectivity index (χ0v) is 12.5. The van der Waals surface area contributed by atoms with Crippen LogP contribution < -0.4 is 9.64 Å². The Balaban J connectivity index is 2.19. The Morgan fingerprint density at radius 1 is 1.26 bits per heavy atom. The summed E-state index contributed by atoms with van der Waals surface area (Å²) in [6.07, 6.45) is 3.53. The Labute approximate surface area is 116 Å². The molecule has 3 heteroatoms. The normalized spacial score (nSPS) is 16.9. The predicted molar refractivity (Wildman–Crippen MR) is 79.1 cm³/mol. The van der Waals surface area contributed by atoms with Crippen LogP contribution in [0.2, 0.25) is 0 Å². The van der Waals surface area contributed by atoms with E-state index in [0.29, 0.717) is 6.61 Å². The molecule has 0 aromatic heterocycles. The third kappa shape index (κ3) is 2.57. The summed E-state index contributed by atoms with van der Waals surface area (Å²) in [4.78, 5) is 2.27. The minimum atomic E-state index is 0.120. The van der Waals surface area contributed by atoms with Gasteiger partial charge >= 0.3 is 0 Å². The lowest BCUT2D eigenvalue weighted by Gasteiger charge is -2.43. The lowest BCUT2D eigenvalue weighted by atomic mass is 9.69. The first-order chi connectivity index (χ1) is 9.03. The van der Waals surface area contributed by atoms with E-state index in [1.807, 2.05) is 6.07 Å². The lowest BCUT2D eigenvalue weighted by Crippen LogP contribution is -2.43. The summed E-state index contributed by atoms with van der Waals surface area (Å²) in [5.74, 6) is 0.940. The van der Waals surface area contributed by atoms with Gasteiger partial charge in [-0.3, -0.25) is 0 Å². The number of aliphatic hydroxyl groups is 1. The molecule has 0 heterocycles. The maximum absolute atomic E-state index is 9.59. The van der Waals surface area contributed by atoms with Crippen LogP contribution in [0, 0.1) is 19.3 Å². The number of hydrogen-bond donors (Lipinski definition) is 1. The first-order valence-electron chi connectivity index (χ1n) is 6.99. The topological polar surface area (TPSA) is 32.7 Å². The molecule has 1 aromatic carbocycles. The van der Waals surface area contributed by atoms with Crippen LogP contribution in [-0.4, -0.2) is 32.4 Å². The predicted octanol–water partition coefficient (Wildman–Crippen LogP) is 2.91. The van der Waals surface area contributed by atoms with E-state index in [1.165, 1.54) is 23.2 Å². The molecule has 1 N–H and O–H groups in total. The van der Waals surface area contributed by atoms with E-state index in [4.69, 9.17) is 4.74 Å². The average Bonchev–Trinajstić information content (AvgIpc) is 2.36. The quantitative estimate of drug-likeness (QED) is 0.886. The molecule has 2 rings (SSSR count). The first kappa shape index (κ1) is 14.2. The third-order valence-electron chi connectivity index (χ3n) is 4.66. The molecule has 1 aliphatic carbocycles. The van der Waals surface area contributed by atoms with Crippen LogP contribution in [0.3, 0.4) is 0 Å². The van der Waals surface area contributed by atoms with E-state index in [1.54, 1.807) is 7.11 Å². The highest BCUT2D eigenvalue weighted by atomic mass is 16.5. The third-order valence-corrected chi connectivity index (χ3v) is 4.66. The molecular formula is C16H25NO2. The van der Waals surface area contributed by atoms with Crippen molar-refractivity contribution >= 4 is 5.69 Å². The number of anilines is 1. The van der Waals surface area contributed by atoms with Crippen molar-refractivity contribution < 1.29 is 9.84 Å². The van der Waals surface area contributed by atoms with Crippen LogP contribution in [0.4, 0.5) is 5.69 Å². The van der Waals surface area contributed by atoms with Crippen molar-refractivity contribution in [1.29, 1.82) is 0 Å². The fourth-order valence-corrected chi connectivity index (χ4v) is 3.05. The highest BCUT2D eigenvalue weighted by molar-refractivity contribution is 5.59. The van der Waals surface area contributed by atoms with Crippen LogP contribution in [0.25, 0.3) is 0 Å². The molecule has 1 aliphatic rings. The molecule has 19 heavy (non-hydrogen) atoms. The highest BCUT2D eigenvalue weighted by Gasteiger charge is 2.37. The summed E-state index contributed by atoms with van der Waals surface area (Å²) in [6.45, 7) is 5.45. The number of benzene rings is 1. The Kier molecular flexibility index (Phi) is 4.04. The summed E-state index contributed by atoms with van der Waals surface area (Å²) in [5, 5.41) is 9.59. The monoisotopic (exact) mass is 263 g/mol. The molecule has 0 bridgehead atoms. The Bertz CT molecular complexity index is 447. The molecule has 0 atom stereocenters. The standard InChI is InChI=1S/C16H25NO2/c1-12-13(2)15(19-4)7-6-14(12)17(3)10-16(11-18)8-5-9-16/h6-7,18H,5,8-11H2,1-4H3. The van der Waals surface area contributed by atoms with Gasteiger partial charge in [0.2, 0.25) is 0 Å². The molecule has 1 fully saturated rings. The van der Waals surface area contributed by atoms with Gasteiger partial charge in [0, 0.05) is 24.7 Å². The molecule has 0 unspecified atom stereocenters. The summed E-state index contributed by atoms with van der Waals surface area (Å²) >= 11 is 0. The molecule has 3 nitrogen and oxygen atoms in total. The molecule has 0 aliphatic heterocycles. The van der Waals surface area contributed by atoms with E-state index < -0.39 is 0 Å². The first-order valence-corrected chi connectivity index (χ1v) is 6.99. The minimum Gasteiger partial charge on any atom is -0.496 e. The van der Waals surface area contributed by atoms with E-state index in [0.717, 1.165) is 25.1 Å². The Morgan fingerprint density at radius 2 is 1.95 bits per heavy atom. The van der Waals surface area contributed by atoms with E-state index in [2.05, 4.69) is 31.9 Å². The second-order valence-corrected chi connectivity index (χ2v) is 5.90. The van der Waals surface area contributed by atoms with Crippen LogP contribution in [0.15, 0.2) is 12.1 Å². The van der Waals surface area contributed by atoms with E-state index >= 15 is 0 Å². The SMILES string of the molecule is COc1ccc(N(C)CC2(CO)CCC2)c(C)c1C. The maximum Gasteiger partial charge on any atom is 0.122 e. The average molecular weight is 263 g/mol. The minimum absolute atomic E-state index is 0.120. The zero-order valence-electron chi connectivity index (χ0n) is 12.5. The largest absolute Gasteiger partial charge is 0.496 e. The summed E-state index contributed by atoms with van der Waals surface area (Å²) in [5.41, 5.74) is 3.81. The van der Waals surface area contributed by atoms with Crippen LogP contribution in [0.5, 0.6) is 5.75 Å². The molecule has 0 amide bonds. The van der Waals surface area contributed by atoms with Crippen molar-refractivity contribution in [2.75, 3.05) is 32.2 Å². The molecule has 106 valence electrons. The molecule has 1 saturated carbocycles. The van der Waals surface area contributed by atoms with Crippen molar-refractivity contribution in [3.63, 3.8) is 0 Å². The second-order valence-electron chi connectivity index (χ2n) is 5.90. The summed E-state index contributed by atoms with van der Waals surface area (Å²) < 4.78 is 5.36. The Hall–Kier alpha value is -1.22. The molecule has 1 aromatic rings. The fraction of sp³-hybridized carbons (Fsp3) is 0.625. The van der Waals surface area contributed by atoms with Gasteiger partial charge in [0.15, 0.2) is 0 Å². The second kappa shape index (κ2) is 5.41. The van der Waals surface area contributed by atoms with Gasteiger partial charge in [-0.2, -0.15) is 0 Å². The summed E-state index contributed by atoms with van der Waals surface area (Å²) in [7, 11) is 3.82. The number of ether oxygens (including phenoxy) is 1. The smallest absolute Gasteiger partial charge is 0.122 e. The number of aliphatic hydroxyl groups excluding tert-OH is 1. The van der Waals surface area contributed by atoms with Gasteiger partial charge in [0.05, 0.1) is 13.7 Å².